The first kappa shape index (κ1) is 17.9. The quantitative estimate of drug-likeness (QED) is 0.905. The van der Waals surface area contributed by atoms with Crippen LogP contribution in [-0.4, -0.2) is 66.9 Å². The number of rotatable bonds is 4. The van der Waals surface area contributed by atoms with Gasteiger partial charge in [-0.05, 0) is 31.3 Å². The predicted octanol–water partition coefficient (Wildman–Crippen LogP) is 1.73. The molecule has 1 aromatic carbocycles. The van der Waals surface area contributed by atoms with Crippen LogP contribution < -0.4 is 10.1 Å². The Bertz CT molecular complexity index is 801. The minimum atomic E-state index is -0.315. The summed E-state index contributed by atoms with van der Waals surface area (Å²) in [5, 5.41) is 2.81. The number of benzene rings is 1. The molecule has 2 aromatic rings. The number of aromatic nitrogens is 1. The zero-order valence-electron chi connectivity index (χ0n) is 14.9. The average molecular weight is 354 g/mol. The van der Waals surface area contributed by atoms with Gasteiger partial charge in [0.05, 0.1) is 12.8 Å². The maximum Gasteiger partial charge on any atom is 0.272 e. The standard InChI is InChI=1S/C19H22N4O3/c1-22-9-11-23(12-10-22)19(25)16-13-14(7-8-20-16)18(24)21-15-5-3-4-6-17(15)26-2/h3-8,13H,9-12H2,1-2H3,(H,21,24). The van der Waals surface area contributed by atoms with E-state index in [4.69, 9.17) is 4.74 Å². The molecule has 1 saturated heterocycles. The molecule has 0 bridgehead atoms. The molecule has 2 amide bonds. The summed E-state index contributed by atoms with van der Waals surface area (Å²) in [6, 6.07) is 10.3. The third-order valence-electron chi connectivity index (χ3n) is 4.39. The summed E-state index contributed by atoms with van der Waals surface area (Å²) in [4.78, 5) is 33.3. The molecular formula is C19H22N4O3. The van der Waals surface area contributed by atoms with Gasteiger partial charge in [0.2, 0.25) is 0 Å². The summed E-state index contributed by atoms with van der Waals surface area (Å²) >= 11 is 0. The van der Waals surface area contributed by atoms with Gasteiger partial charge in [0, 0.05) is 37.9 Å². The molecule has 0 aliphatic carbocycles. The van der Waals surface area contributed by atoms with Crippen LogP contribution in [0.3, 0.4) is 0 Å². The number of nitrogens with one attached hydrogen (secondary N) is 1. The lowest BCUT2D eigenvalue weighted by Crippen LogP contribution is -2.47. The van der Waals surface area contributed by atoms with E-state index < -0.39 is 0 Å². The normalized spacial score (nSPS) is 14.8. The van der Waals surface area contributed by atoms with Crippen LogP contribution in [0.1, 0.15) is 20.8 Å². The topological polar surface area (TPSA) is 74.8 Å². The summed E-state index contributed by atoms with van der Waals surface area (Å²) < 4.78 is 5.24. The number of amides is 2. The second kappa shape index (κ2) is 7.97. The van der Waals surface area contributed by atoms with Crippen molar-refractivity contribution < 1.29 is 14.3 Å². The predicted molar refractivity (Wildman–Crippen MR) is 98.6 cm³/mol. The molecular weight excluding hydrogens is 332 g/mol. The highest BCUT2D eigenvalue weighted by molar-refractivity contribution is 6.06. The summed E-state index contributed by atoms with van der Waals surface area (Å²) in [6.07, 6.45) is 1.49. The van der Waals surface area contributed by atoms with Crippen molar-refractivity contribution >= 4 is 17.5 Å². The fourth-order valence-corrected chi connectivity index (χ4v) is 2.80. The van der Waals surface area contributed by atoms with Crippen LogP contribution in [0.25, 0.3) is 0 Å². The maximum absolute atomic E-state index is 12.6. The van der Waals surface area contributed by atoms with Crippen LogP contribution in [0.5, 0.6) is 5.75 Å². The minimum absolute atomic E-state index is 0.148. The van der Waals surface area contributed by atoms with Crippen molar-refractivity contribution in [3.05, 3.63) is 53.9 Å². The van der Waals surface area contributed by atoms with Crippen molar-refractivity contribution in [1.82, 2.24) is 14.8 Å². The number of piperazine rings is 1. The number of likely N-dealkylation sites (N-methyl/N-ethyl adjacent to an activating group) is 1. The molecule has 0 atom stereocenters. The monoisotopic (exact) mass is 354 g/mol. The van der Waals surface area contributed by atoms with Crippen LogP contribution in [0.15, 0.2) is 42.6 Å². The van der Waals surface area contributed by atoms with E-state index in [1.54, 1.807) is 30.2 Å². The number of hydrogen-bond donors (Lipinski definition) is 1. The van der Waals surface area contributed by atoms with Gasteiger partial charge in [0.15, 0.2) is 0 Å². The lowest BCUT2D eigenvalue weighted by atomic mass is 10.2. The fourth-order valence-electron chi connectivity index (χ4n) is 2.80. The Labute approximate surface area is 152 Å². The molecule has 0 spiro atoms. The molecule has 0 unspecified atom stereocenters. The molecule has 0 radical (unpaired) electrons. The second-order valence-corrected chi connectivity index (χ2v) is 6.18. The molecule has 3 rings (SSSR count). The highest BCUT2D eigenvalue weighted by atomic mass is 16.5. The summed E-state index contributed by atoms with van der Waals surface area (Å²) in [6.45, 7) is 2.99. The number of methoxy groups -OCH3 is 1. The van der Waals surface area contributed by atoms with Crippen LogP contribution in [-0.2, 0) is 0 Å². The number of hydrogen-bond acceptors (Lipinski definition) is 5. The zero-order valence-corrected chi connectivity index (χ0v) is 14.9. The van der Waals surface area contributed by atoms with E-state index in [-0.39, 0.29) is 17.5 Å². The Kier molecular flexibility index (Phi) is 5.48. The first-order valence-corrected chi connectivity index (χ1v) is 8.46. The smallest absolute Gasteiger partial charge is 0.272 e. The average Bonchev–Trinajstić information content (AvgIpc) is 2.68. The molecule has 136 valence electrons. The number of ether oxygens (including phenoxy) is 1. The van der Waals surface area contributed by atoms with Crippen LogP contribution in [0.2, 0.25) is 0 Å². The van der Waals surface area contributed by atoms with Crippen LogP contribution in [0, 0.1) is 0 Å². The number of pyridine rings is 1. The van der Waals surface area contributed by atoms with Gasteiger partial charge in [-0.15, -0.1) is 0 Å². The molecule has 0 saturated carbocycles. The van der Waals surface area contributed by atoms with Crippen molar-refractivity contribution in [1.29, 1.82) is 0 Å². The van der Waals surface area contributed by atoms with Gasteiger partial charge in [0.25, 0.3) is 11.8 Å². The SMILES string of the molecule is COc1ccccc1NC(=O)c1ccnc(C(=O)N2CCN(C)CC2)c1. The number of nitrogens with zero attached hydrogens (tertiary/aromatic N) is 3. The van der Waals surface area contributed by atoms with Gasteiger partial charge in [-0.3, -0.25) is 14.6 Å². The van der Waals surface area contributed by atoms with E-state index in [0.717, 1.165) is 13.1 Å². The van der Waals surface area contributed by atoms with Gasteiger partial charge in [-0.1, -0.05) is 12.1 Å². The minimum Gasteiger partial charge on any atom is -0.495 e. The maximum atomic E-state index is 12.6. The van der Waals surface area contributed by atoms with Crippen molar-refractivity contribution in [3.8, 4) is 5.75 Å². The van der Waals surface area contributed by atoms with Gasteiger partial charge >= 0.3 is 0 Å². The third kappa shape index (κ3) is 4.00. The van der Waals surface area contributed by atoms with Gasteiger partial charge in [-0.25, -0.2) is 0 Å². The molecule has 26 heavy (non-hydrogen) atoms. The number of para-hydroxylation sites is 2. The van der Waals surface area contributed by atoms with Crippen molar-refractivity contribution in [2.24, 2.45) is 0 Å². The van der Waals surface area contributed by atoms with E-state index in [2.05, 4.69) is 15.2 Å². The number of carbonyl (C=O) groups is 2. The molecule has 1 aromatic heterocycles. The van der Waals surface area contributed by atoms with E-state index >= 15 is 0 Å². The van der Waals surface area contributed by atoms with Crippen molar-refractivity contribution in [2.75, 3.05) is 45.7 Å². The highest BCUT2D eigenvalue weighted by Gasteiger charge is 2.22. The van der Waals surface area contributed by atoms with Crippen LogP contribution in [0.4, 0.5) is 5.69 Å². The van der Waals surface area contributed by atoms with Crippen molar-refractivity contribution in [3.63, 3.8) is 0 Å². The molecule has 1 aliphatic rings. The largest absolute Gasteiger partial charge is 0.495 e. The Morgan fingerprint density at radius 3 is 2.58 bits per heavy atom. The molecule has 2 heterocycles. The lowest BCUT2D eigenvalue weighted by molar-refractivity contribution is 0.0658. The van der Waals surface area contributed by atoms with E-state index in [0.29, 0.717) is 30.1 Å². The number of anilines is 1. The van der Waals surface area contributed by atoms with Gasteiger partial charge in [-0.2, -0.15) is 0 Å². The molecule has 7 heteroatoms. The molecule has 7 nitrogen and oxygen atoms in total. The third-order valence-corrected chi connectivity index (χ3v) is 4.39. The van der Waals surface area contributed by atoms with Crippen molar-refractivity contribution in [2.45, 2.75) is 0 Å². The first-order valence-electron chi connectivity index (χ1n) is 8.46. The van der Waals surface area contributed by atoms with E-state index in [1.165, 1.54) is 12.3 Å². The second-order valence-electron chi connectivity index (χ2n) is 6.18. The summed E-state index contributed by atoms with van der Waals surface area (Å²) in [7, 11) is 3.58. The summed E-state index contributed by atoms with van der Waals surface area (Å²) in [5.74, 6) is 0.109. The first-order chi connectivity index (χ1) is 12.6. The molecule has 1 aliphatic heterocycles. The van der Waals surface area contributed by atoms with E-state index in [9.17, 15) is 9.59 Å². The Morgan fingerprint density at radius 1 is 1.12 bits per heavy atom. The Balaban J connectivity index is 1.74. The Morgan fingerprint density at radius 2 is 1.85 bits per heavy atom. The lowest BCUT2D eigenvalue weighted by Gasteiger charge is -2.32. The molecule has 1 N–H and O–H groups in total. The van der Waals surface area contributed by atoms with Crippen LogP contribution >= 0.6 is 0 Å². The molecule has 1 fully saturated rings. The van der Waals surface area contributed by atoms with Gasteiger partial charge < -0.3 is 19.9 Å². The van der Waals surface area contributed by atoms with Gasteiger partial charge in [0.1, 0.15) is 11.4 Å². The zero-order chi connectivity index (χ0) is 18.5. The van der Waals surface area contributed by atoms with E-state index in [1.807, 2.05) is 19.2 Å². The summed E-state index contributed by atoms with van der Waals surface area (Å²) in [5.41, 5.74) is 1.23. The number of carbonyl (C=O) groups excluding carboxylic acids is 2. The highest BCUT2D eigenvalue weighted by Crippen LogP contribution is 2.23. The Hall–Kier alpha value is -2.93. The fraction of sp³-hybridized carbons (Fsp3) is 0.316.